The lowest BCUT2D eigenvalue weighted by molar-refractivity contribution is -0.231. The van der Waals surface area contributed by atoms with Gasteiger partial charge in [0.2, 0.25) is 0 Å². The van der Waals surface area contributed by atoms with Gasteiger partial charge in [0.15, 0.2) is 14.6 Å². The van der Waals surface area contributed by atoms with Crippen molar-refractivity contribution in [3.8, 4) is 0 Å². The van der Waals surface area contributed by atoms with E-state index >= 15 is 0 Å². The second-order valence-corrected chi connectivity index (χ2v) is 27.6. The largest absolute Gasteiger partial charge is 0.414 e. The highest BCUT2D eigenvalue weighted by Crippen LogP contribution is 2.50. The number of aliphatic hydroxyl groups is 1. The third kappa shape index (κ3) is 5.94. The van der Waals surface area contributed by atoms with Crippen molar-refractivity contribution in [3.63, 3.8) is 0 Å². The Bertz CT molecular complexity index is 659. The van der Waals surface area contributed by atoms with E-state index in [1.165, 1.54) is 0 Å². The molecule has 9 heteroatoms. The zero-order valence-corrected chi connectivity index (χ0v) is 28.8. The number of rotatable bonds is 10. The van der Waals surface area contributed by atoms with E-state index in [4.69, 9.17) is 22.1 Å². The Morgan fingerprint density at radius 2 is 1.14 bits per heavy atom. The molecule has 2 aliphatic heterocycles. The molecule has 2 heterocycles. The molecule has 1 N–H and O–H groups in total. The number of hydrogen-bond acceptors (Lipinski definition) is 6. The Morgan fingerprint density at radius 1 is 0.722 bits per heavy atom. The summed E-state index contributed by atoms with van der Waals surface area (Å²) in [5.41, 5.74) is 2.46. The summed E-state index contributed by atoms with van der Waals surface area (Å²) in [6.07, 6.45) is -1.46. The molecule has 0 aromatic rings. The van der Waals surface area contributed by atoms with E-state index in [0.717, 1.165) is 0 Å². The molecule has 36 heavy (non-hydrogen) atoms. The van der Waals surface area contributed by atoms with Crippen LogP contribution in [-0.4, -0.2) is 61.8 Å². The quantitative estimate of drug-likeness (QED) is 0.276. The summed E-state index contributed by atoms with van der Waals surface area (Å²) in [6.45, 7) is 32.1. The second kappa shape index (κ2) is 12.3. The molecule has 6 nitrogen and oxygen atoms in total. The first-order valence-electron chi connectivity index (χ1n) is 14.5. The molecule has 2 aliphatic rings. The Labute approximate surface area is 225 Å². The zero-order chi connectivity index (χ0) is 27.8. The third-order valence-electron chi connectivity index (χ3n) is 8.90. The zero-order valence-electron chi connectivity index (χ0n) is 25.8. The molecule has 0 aromatic heterocycles. The van der Waals surface area contributed by atoms with Crippen LogP contribution >= 0.6 is 0 Å². The monoisotopic (exact) mass is 562 g/mol. The molecule has 0 saturated carbocycles. The maximum atomic E-state index is 10.8. The van der Waals surface area contributed by atoms with Gasteiger partial charge >= 0.3 is 17.1 Å². The molecule has 2 rings (SSSR count). The lowest BCUT2D eigenvalue weighted by Gasteiger charge is -2.47. The molecule has 4 atom stereocenters. The van der Waals surface area contributed by atoms with Crippen molar-refractivity contribution in [1.82, 2.24) is 0 Å². The van der Waals surface area contributed by atoms with Crippen LogP contribution in [0.3, 0.4) is 0 Å². The molecule has 0 unspecified atom stereocenters. The molecule has 0 spiro atoms. The van der Waals surface area contributed by atoms with Gasteiger partial charge in [-0.25, -0.2) is 0 Å². The topological polar surface area (TPSA) is 66.4 Å². The van der Waals surface area contributed by atoms with Gasteiger partial charge in [0.05, 0.1) is 12.7 Å². The highest BCUT2D eigenvalue weighted by molar-refractivity contribution is 6.84. The summed E-state index contributed by atoms with van der Waals surface area (Å²) < 4.78 is 34.8. The Balaban J connectivity index is 2.56. The molecule has 0 aromatic carbocycles. The molecule has 2 fully saturated rings. The summed E-state index contributed by atoms with van der Waals surface area (Å²) in [5, 5.41) is 10.8. The van der Waals surface area contributed by atoms with E-state index in [1.54, 1.807) is 0 Å². The van der Waals surface area contributed by atoms with Crippen molar-refractivity contribution in [2.75, 3.05) is 6.61 Å². The van der Waals surface area contributed by atoms with Crippen molar-refractivity contribution in [2.45, 2.75) is 167 Å². The maximum absolute atomic E-state index is 10.8. The van der Waals surface area contributed by atoms with Gasteiger partial charge in [0.1, 0.15) is 12.2 Å². The van der Waals surface area contributed by atoms with Crippen molar-refractivity contribution < 1.29 is 27.2 Å². The van der Waals surface area contributed by atoms with Gasteiger partial charge in [-0.15, -0.1) is 0 Å². The van der Waals surface area contributed by atoms with Crippen molar-refractivity contribution >= 4 is 25.4 Å². The van der Waals surface area contributed by atoms with Gasteiger partial charge in [-0.1, -0.05) is 96.9 Å². The SMILES string of the molecule is CC(C)[Si]1(C(C)C)O[C@@H]2[C@@H](CO[Si](C(C)C)(C(C)C)C(C)C)O[C@H](O)C[C@H]2O[Si](C(C)C)(C(C)C)O1. The Morgan fingerprint density at radius 3 is 1.53 bits per heavy atom. The molecule has 214 valence electrons. The van der Waals surface area contributed by atoms with Crippen LogP contribution in [0.2, 0.25) is 38.8 Å². The third-order valence-corrected chi connectivity index (χ3v) is 25.3. The fraction of sp³-hybridized carbons (Fsp3) is 1.00. The van der Waals surface area contributed by atoms with Crippen LogP contribution in [-0.2, 0) is 22.1 Å². The molecule has 2 saturated heterocycles. The van der Waals surface area contributed by atoms with Crippen molar-refractivity contribution in [2.24, 2.45) is 0 Å². The van der Waals surface area contributed by atoms with E-state index < -0.39 is 31.7 Å². The highest BCUT2D eigenvalue weighted by Gasteiger charge is 2.63. The van der Waals surface area contributed by atoms with E-state index in [1.807, 2.05) is 0 Å². The molecular weight excluding hydrogens is 505 g/mol. The first-order valence-corrected chi connectivity index (χ1v) is 20.6. The number of ether oxygens (including phenoxy) is 1. The van der Waals surface area contributed by atoms with Crippen LogP contribution < -0.4 is 0 Å². The first-order chi connectivity index (χ1) is 16.5. The average Bonchev–Trinajstić information content (AvgIpc) is 2.89. The van der Waals surface area contributed by atoms with Gasteiger partial charge < -0.3 is 27.2 Å². The van der Waals surface area contributed by atoms with E-state index in [9.17, 15) is 5.11 Å². The fourth-order valence-electron chi connectivity index (χ4n) is 7.13. The predicted molar refractivity (Wildman–Crippen MR) is 155 cm³/mol. The molecular formula is C27H58O6Si3. The van der Waals surface area contributed by atoms with Crippen LogP contribution in [0, 0.1) is 0 Å². The average molecular weight is 563 g/mol. The van der Waals surface area contributed by atoms with Crippen LogP contribution in [0.4, 0.5) is 0 Å². The summed E-state index contributed by atoms with van der Waals surface area (Å²) >= 11 is 0. The van der Waals surface area contributed by atoms with Gasteiger partial charge in [-0.05, 0) is 38.8 Å². The smallest absolute Gasteiger partial charge is 0.335 e. The van der Waals surface area contributed by atoms with E-state index in [2.05, 4.69) is 96.9 Å². The number of aliphatic hydroxyl groups excluding tert-OH is 1. The van der Waals surface area contributed by atoms with Crippen molar-refractivity contribution in [1.29, 1.82) is 0 Å². The molecule has 0 radical (unpaired) electrons. The minimum absolute atomic E-state index is 0.258. The summed E-state index contributed by atoms with van der Waals surface area (Å²) in [7, 11) is -7.54. The van der Waals surface area contributed by atoms with Gasteiger partial charge in [-0.2, -0.15) is 0 Å². The lowest BCUT2D eigenvalue weighted by Crippen LogP contribution is -2.60. The second-order valence-electron chi connectivity index (χ2n) is 13.4. The minimum atomic E-state index is -2.73. The van der Waals surface area contributed by atoms with Gasteiger partial charge in [0.25, 0.3) is 0 Å². The molecule has 0 aliphatic carbocycles. The summed E-state index contributed by atoms with van der Waals surface area (Å²) in [5.74, 6) is 0. The molecule has 0 amide bonds. The van der Waals surface area contributed by atoms with E-state index in [0.29, 0.717) is 29.7 Å². The van der Waals surface area contributed by atoms with Crippen LogP contribution in [0.15, 0.2) is 0 Å². The van der Waals surface area contributed by atoms with Crippen LogP contribution in [0.5, 0.6) is 0 Å². The normalized spacial score (nSPS) is 29.2. The number of fused-ring (bicyclic) bond motifs is 1. The minimum Gasteiger partial charge on any atom is -0.414 e. The van der Waals surface area contributed by atoms with Crippen LogP contribution in [0.25, 0.3) is 0 Å². The number of hydrogen-bond donors (Lipinski definition) is 1. The van der Waals surface area contributed by atoms with Gasteiger partial charge in [-0.3, -0.25) is 0 Å². The summed E-state index contributed by atoms with van der Waals surface area (Å²) in [4.78, 5) is 0. The highest BCUT2D eigenvalue weighted by atomic mass is 28.5. The Hall–Kier alpha value is 0.411. The standard InChI is InChI=1S/C27H58O6Si3/c1-17(2)34(18(3)4,19(5)6)29-16-25-27-24(15-26(28)30-25)31-35(20(7)8,21(9)10)33-36(32-27,22(11)12)23(13)14/h17-28H,15-16H2,1-14H3/t24-,25-,26+,27+/m1/s1. The first kappa shape index (κ1) is 32.6. The van der Waals surface area contributed by atoms with Gasteiger partial charge in [0, 0.05) is 6.42 Å². The van der Waals surface area contributed by atoms with Crippen LogP contribution in [0.1, 0.15) is 103 Å². The maximum Gasteiger partial charge on any atom is 0.335 e. The van der Waals surface area contributed by atoms with Crippen molar-refractivity contribution in [3.05, 3.63) is 0 Å². The predicted octanol–water partition coefficient (Wildman–Crippen LogP) is 7.61. The van der Waals surface area contributed by atoms with E-state index in [-0.39, 0.29) is 40.5 Å². The molecule has 0 bridgehead atoms. The summed E-state index contributed by atoms with van der Waals surface area (Å²) in [6, 6.07) is 0. The lowest BCUT2D eigenvalue weighted by atomic mass is 10.0. The Kier molecular flexibility index (Phi) is 11.1. The fourth-order valence-corrected chi connectivity index (χ4v) is 23.9.